The van der Waals surface area contributed by atoms with Crippen LogP contribution in [0.3, 0.4) is 0 Å². The first-order chi connectivity index (χ1) is 7.72. The summed E-state index contributed by atoms with van der Waals surface area (Å²) in [6.45, 7) is 5.17. The molecule has 1 aliphatic carbocycles. The zero-order chi connectivity index (χ0) is 11.5. The molecule has 2 rings (SSSR count). The van der Waals surface area contributed by atoms with Crippen LogP contribution in [0.25, 0.3) is 0 Å². The molecule has 1 aliphatic heterocycles. The number of aliphatic carboxylic acids is 1. The minimum atomic E-state index is -0.709. The highest BCUT2D eigenvalue weighted by atomic mass is 16.5. The molecule has 4 nitrogen and oxygen atoms in total. The third-order valence-electron chi connectivity index (χ3n) is 3.54. The summed E-state index contributed by atoms with van der Waals surface area (Å²) in [6, 6.07) is 0.0954. The molecule has 2 unspecified atom stereocenters. The summed E-state index contributed by atoms with van der Waals surface area (Å²) in [5, 5.41) is 9.14. The van der Waals surface area contributed by atoms with Crippen molar-refractivity contribution >= 4 is 5.97 Å². The molecule has 16 heavy (non-hydrogen) atoms. The molecular formula is C12H21NO3. The first-order valence-corrected chi connectivity index (χ1v) is 6.27. The lowest BCUT2D eigenvalue weighted by atomic mass is 10.0. The molecule has 1 saturated carbocycles. The van der Waals surface area contributed by atoms with Crippen LogP contribution in [0, 0.1) is 11.8 Å². The van der Waals surface area contributed by atoms with E-state index in [9.17, 15) is 4.79 Å². The van der Waals surface area contributed by atoms with Gasteiger partial charge in [-0.3, -0.25) is 9.69 Å². The lowest BCUT2D eigenvalue weighted by Crippen LogP contribution is -2.44. The van der Waals surface area contributed by atoms with E-state index in [4.69, 9.17) is 9.84 Å². The van der Waals surface area contributed by atoms with Crippen molar-refractivity contribution in [3.8, 4) is 0 Å². The number of hydrogen-bond donors (Lipinski definition) is 1. The predicted octanol–water partition coefficient (Wildman–Crippen LogP) is 1.21. The number of carboxylic acids is 1. The summed E-state index contributed by atoms with van der Waals surface area (Å²) >= 11 is 0. The molecule has 2 fully saturated rings. The molecule has 0 amide bonds. The molecule has 0 spiro atoms. The Bertz CT molecular complexity index is 253. The lowest BCUT2D eigenvalue weighted by Gasteiger charge is -2.30. The van der Waals surface area contributed by atoms with E-state index in [0.29, 0.717) is 13.2 Å². The quantitative estimate of drug-likeness (QED) is 0.741. The van der Waals surface area contributed by atoms with Crippen molar-refractivity contribution in [3.05, 3.63) is 0 Å². The first kappa shape index (κ1) is 11.9. The van der Waals surface area contributed by atoms with Gasteiger partial charge in [0.1, 0.15) is 0 Å². The fourth-order valence-corrected chi connectivity index (χ4v) is 2.45. The smallest absolute Gasteiger partial charge is 0.310 e. The summed E-state index contributed by atoms with van der Waals surface area (Å²) in [5.41, 5.74) is 0. The Kier molecular flexibility index (Phi) is 3.82. The lowest BCUT2D eigenvalue weighted by molar-refractivity contribution is -0.143. The van der Waals surface area contributed by atoms with Crippen molar-refractivity contribution in [2.45, 2.75) is 32.2 Å². The maximum absolute atomic E-state index is 11.1. The Morgan fingerprint density at radius 3 is 2.75 bits per heavy atom. The Balaban J connectivity index is 1.96. The van der Waals surface area contributed by atoms with Crippen molar-refractivity contribution in [3.63, 3.8) is 0 Å². The molecule has 0 aromatic heterocycles. The van der Waals surface area contributed by atoms with E-state index >= 15 is 0 Å². The van der Waals surface area contributed by atoms with Crippen LogP contribution < -0.4 is 0 Å². The van der Waals surface area contributed by atoms with Crippen LogP contribution in [0.1, 0.15) is 26.2 Å². The van der Waals surface area contributed by atoms with Gasteiger partial charge in [-0.1, -0.05) is 6.92 Å². The molecule has 92 valence electrons. The monoisotopic (exact) mass is 227 g/mol. The molecule has 2 aliphatic rings. The first-order valence-electron chi connectivity index (χ1n) is 6.27. The predicted molar refractivity (Wildman–Crippen MR) is 60.3 cm³/mol. The van der Waals surface area contributed by atoms with Gasteiger partial charge in [0.2, 0.25) is 0 Å². The Morgan fingerprint density at radius 2 is 2.19 bits per heavy atom. The van der Waals surface area contributed by atoms with Gasteiger partial charge in [0.05, 0.1) is 19.1 Å². The molecule has 0 radical (unpaired) electrons. The van der Waals surface area contributed by atoms with E-state index in [-0.39, 0.29) is 12.0 Å². The van der Waals surface area contributed by atoms with E-state index in [1.54, 1.807) is 0 Å². The SMILES string of the molecule is CCCN(CC1CC1)C1COCC1C(=O)O. The van der Waals surface area contributed by atoms with Crippen LogP contribution in [-0.2, 0) is 9.53 Å². The molecule has 0 aromatic rings. The maximum Gasteiger partial charge on any atom is 0.310 e. The van der Waals surface area contributed by atoms with Crippen LogP contribution in [-0.4, -0.2) is 48.3 Å². The van der Waals surface area contributed by atoms with Crippen molar-refractivity contribution in [2.24, 2.45) is 11.8 Å². The highest BCUT2D eigenvalue weighted by Gasteiger charge is 2.39. The Hall–Kier alpha value is -0.610. The molecule has 1 N–H and O–H groups in total. The van der Waals surface area contributed by atoms with Crippen molar-refractivity contribution in [1.82, 2.24) is 4.90 Å². The summed E-state index contributed by atoms with van der Waals surface area (Å²) in [6.07, 6.45) is 3.70. The van der Waals surface area contributed by atoms with Gasteiger partial charge in [-0.05, 0) is 31.7 Å². The van der Waals surface area contributed by atoms with Gasteiger partial charge in [-0.15, -0.1) is 0 Å². The summed E-state index contributed by atoms with van der Waals surface area (Å²) < 4.78 is 5.34. The van der Waals surface area contributed by atoms with E-state index < -0.39 is 5.97 Å². The number of carbonyl (C=O) groups is 1. The highest BCUT2D eigenvalue weighted by molar-refractivity contribution is 5.71. The Morgan fingerprint density at radius 1 is 1.44 bits per heavy atom. The van der Waals surface area contributed by atoms with E-state index in [1.807, 2.05) is 0 Å². The molecule has 4 heteroatoms. The van der Waals surface area contributed by atoms with Gasteiger partial charge in [0, 0.05) is 12.6 Å². The van der Waals surface area contributed by atoms with Crippen molar-refractivity contribution in [2.75, 3.05) is 26.3 Å². The second kappa shape index (κ2) is 5.15. The molecule has 0 bridgehead atoms. The summed E-state index contributed by atoms with van der Waals surface area (Å²) in [4.78, 5) is 13.5. The normalized spacial score (nSPS) is 29.9. The third kappa shape index (κ3) is 2.74. The molecule has 1 heterocycles. The van der Waals surface area contributed by atoms with Gasteiger partial charge >= 0.3 is 5.97 Å². The van der Waals surface area contributed by atoms with Crippen LogP contribution in [0.4, 0.5) is 0 Å². The summed E-state index contributed by atoms with van der Waals surface area (Å²) in [7, 11) is 0. The second-order valence-electron chi connectivity index (χ2n) is 4.99. The number of carboxylic acid groups (broad SMARTS) is 1. The van der Waals surface area contributed by atoms with Gasteiger partial charge in [-0.2, -0.15) is 0 Å². The fraction of sp³-hybridized carbons (Fsp3) is 0.917. The van der Waals surface area contributed by atoms with Gasteiger partial charge < -0.3 is 9.84 Å². The second-order valence-corrected chi connectivity index (χ2v) is 4.99. The third-order valence-corrected chi connectivity index (χ3v) is 3.54. The molecular weight excluding hydrogens is 206 g/mol. The van der Waals surface area contributed by atoms with Crippen LogP contribution in [0.5, 0.6) is 0 Å². The zero-order valence-corrected chi connectivity index (χ0v) is 9.89. The maximum atomic E-state index is 11.1. The van der Waals surface area contributed by atoms with Gasteiger partial charge in [0.25, 0.3) is 0 Å². The minimum Gasteiger partial charge on any atom is -0.481 e. The van der Waals surface area contributed by atoms with Gasteiger partial charge in [0.15, 0.2) is 0 Å². The largest absolute Gasteiger partial charge is 0.481 e. The van der Waals surface area contributed by atoms with Gasteiger partial charge in [-0.25, -0.2) is 0 Å². The number of rotatable bonds is 6. The van der Waals surface area contributed by atoms with Crippen LogP contribution in [0.2, 0.25) is 0 Å². The van der Waals surface area contributed by atoms with E-state index in [2.05, 4.69) is 11.8 Å². The number of hydrogen-bond acceptors (Lipinski definition) is 3. The average molecular weight is 227 g/mol. The number of nitrogens with zero attached hydrogens (tertiary/aromatic N) is 1. The minimum absolute atomic E-state index is 0.0954. The molecule has 1 saturated heterocycles. The number of ether oxygens (including phenoxy) is 1. The molecule has 2 atom stereocenters. The highest BCUT2D eigenvalue weighted by Crippen LogP contribution is 2.32. The van der Waals surface area contributed by atoms with Crippen molar-refractivity contribution < 1.29 is 14.6 Å². The van der Waals surface area contributed by atoms with E-state index in [1.165, 1.54) is 12.8 Å². The van der Waals surface area contributed by atoms with E-state index in [0.717, 1.165) is 25.4 Å². The summed E-state index contributed by atoms with van der Waals surface area (Å²) in [5.74, 6) is -0.230. The Labute approximate surface area is 96.6 Å². The van der Waals surface area contributed by atoms with Crippen molar-refractivity contribution in [1.29, 1.82) is 0 Å². The standard InChI is InChI=1S/C12H21NO3/c1-2-5-13(6-9-3-4-9)11-8-16-7-10(11)12(14)15/h9-11H,2-8H2,1H3,(H,14,15). The average Bonchev–Trinajstić information content (AvgIpc) is 2.92. The molecule has 0 aromatic carbocycles. The topological polar surface area (TPSA) is 49.8 Å². The van der Waals surface area contributed by atoms with Crippen LogP contribution >= 0.6 is 0 Å². The van der Waals surface area contributed by atoms with Crippen LogP contribution in [0.15, 0.2) is 0 Å². The zero-order valence-electron chi connectivity index (χ0n) is 9.89. The fourth-order valence-electron chi connectivity index (χ4n) is 2.45.